The van der Waals surface area contributed by atoms with Gasteiger partial charge in [0, 0.05) is 5.56 Å². The van der Waals surface area contributed by atoms with Gasteiger partial charge in [-0.05, 0) is 55.5 Å². The molecule has 6 nitrogen and oxygen atoms in total. The second-order valence-electron chi connectivity index (χ2n) is 4.56. The van der Waals surface area contributed by atoms with Gasteiger partial charge in [-0.15, -0.1) is 0 Å². The van der Waals surface area contributed by atoms with E-state index in [0.29, 0.717) is 22.8 Å². The lowest BCUT2D eigenvalue weighted by molar-refractivity contribution is -0.144. The molecule has 0 aliphatic rings. The molecule has 0 aliphatic carbocycles. The molecule has 1 unspecified atom stereocenters. The van der Waals surface area contributed by atoms with Gasteiger partial charge >= 0.3 is 5.97 Å². The van der Waals surface area contributed by atoms with Gasteiger partial charge in [-0.25, -0.2) is 4.79 Å². The van der Waals surface area contributed by atoms with Crippen LogP contribution in [0.25, 0.3) is 0 Å². The number of amides is 1. The van der Waals surface area contributed by atoms with Crippen LogP contribution in [0.15, 0.2) is 48.5 Å². The number of carbonyl (C=O) groups is 2. The molecule has 0 aromatic heterocycles. The SMILES string of the molecule is CC(Oc1ccc(Oc2ccc(C(N)=O)cc2)cc1)C(=O)O. The molecule has 2 aromatic rings. The van der Waals surface area contributed by atoms with E-state index < -0.39 is 18.0 Å². The Kier molecular flexibility index (Phi) is 4.63. The number of carboxylic acids is 1. The first-order valence-corrected chi connectivity index (χ1v) is 6.53. The number of carbonyl (C=O) groups excluding carboxylic acids is 1. The number of hydrogen-bond donors (Lipinski definition) is 2. The lowest BCUT2D eigenvalue weighted by atomic mass is 10.2. The summed E-state index contributed by atoms with van der Waals surface area (Å²) in [6.45, 7) is 1.45. The van der Waals surface area contributed by atoms with Gasteiger partial charge in [0.05, 0.1) is 0 Å². The smallest absolute Gasteiger partial charge is 0.344 e. The highest BCUT2D eigenvalue weighted by Gasteiger charge is 2.12. The summed E-state index contributed by atoms with van der Waals surface area (Å²) in [5.41, 5.74) is 5.56. The minimum Gasteiger partial charge on any atom is -0.479 e. The average molecular weight is 301 g/mol. The first-order valence-electron chi connectivity index (χ1n) is 6.53. The normalized spacial score (nSPS) is 11.5. The maximum absolute atomic E-state index is 11.0. The third kappa shape index (κ3) is 3.99. The Bertz CT molecular complexity index is 664. The predicted molar refractivity (Wildman–Crippen MR) is 79.2 cm³/mol. The monoisotopic (exact) mass is 301 g/mol. The molecule has 0 spiro atoms. The summed E-state index contributed by atoms with van der Waals surface area (Å²) in [5.74, 6) is 0.0153. The van der Waals surface area contributed by atoms with E-state index in [1.807, 2.05) is 0 Å². The number of hydrogen-bond acceptors (Lipinski definition) is 4. The van der Waals surface area contributed by atoms with E-state index in [-0.39, 0.29) is 0 Å². The lowest BCUT2D eigenvalue weighted by Gasteiger charge is -2.11. The molecule has 1 atom stereocenters. The van der Waals surface area contributed by atoms with Crippen molar-refractivity contribution in [3.05, 3.63) is 54.1 Å². The van der Waals surface area contributed by atoms with E-state index in [4.69, 9.17) is 20.3 Å². The predicted octanol–water partition coefficient (Wildman–Crippen LogP) is 2.43. The van der Waals surface area contributed by atoms with Gasteiger partial charge in [0.2, 0.25) is 5.91 Å². The van der Waals surface area contributed by atoms with Crippen LogP contribution in [-0.2, 0) is 4.79 Å². The molecule has 2 rings (SSSR count). The van der Waals surface area contributed by atoms with Crippen LogP contribution >= 0.6 is 0 Å². The zero-order valence-corrected chi connectivity index (χ0v) is 11.9. The van der Waals surface area contributed by atoms with Gasteiger partial charge in [-0.2, -0.15) is 0 Å². The molecule has 114 valence electrons. The molecule has 3 N–H and O–H groups in total. The van der Waals surface area contributed by atoms with E-state index in [1.165, 1.54) is 6.92 Å². The van der Waals surface area contributed by atoms with Crippen LogP contribution in [0.5, 0.6) is 17.2 Å². The van der Waals surface area contributed by atoms with Crippen LogP contribution in [0.4, 0.5) is 0 Å². The van der Waals surface area contributed by atoms with Crippen LogP contribution in [0, 0.1) is 0 Å². The Labute approximate surface area is 127 Å². The van der Waals surface area contributed by atoms with Crippen LogP contribution in [0.3, 0.4) is 0 Å². The van der Waals surface area contributed by atoms with Crippen molar-refractivity contribution in [3.63, 3.8) is 0 Å². The van der Waals surface area contributed by atoms with Crippen LogP contribution in [0.2, 0.25) is 0 Å². The van der Waals surface area contributed by atoms with Gasteiger partial charge in [-0.3, -0.25) is 4.79 Å². The molecule has 0 radical (unpaired) electrons. The second kappa shape index (κ2) is 6.62. The fourth-order valence-corrected chi connectivity index (χ4v) is 1.66. The fraction of sp³-hybridized carbons (Fsp3) is 0.125. The van der Waals surface area contributed by atoms with Crippen molar-refractivity contribution in [1.82, 2.24) is 0 Å². The highest BCUT2D eigenvalue weighted by Crippen LogP contribution is 2.24. The van der Waals surface area contributed by atoms with Crippen molar-refractivity contribution in [2.75, 3.05) is 0 Å². The van der Waals surface area contributed by atoms with Gasteiger partial charge in [0.1, 0.15) is 17.2 Å². The highest BCUT2D eigenvalue weighted by molar-refractivity contribution is 5.92. The number of nitrogens with two attached hydrogens (primary N) is 1. The summed E-state index contributed by atoms with van der Waals surface area (Å²) in [7, 11) is 0. The van der Waals surface area contributed by atoms with Crippen LogP contribution in [0.1, 0.15) is 17.3 Å². The van der Waals surface area contributed by atoms with Gasteiger partial charge < -0.3 is 20.3 Å². The average Bonchev–Trinajstić information content (AvgIpc) is 2.49. The minimum atomic E-state index is -1.03. The Hall–Kier alpha value is -3.02. The largest absolute Gasteiger partial charge is 0.479 e. The van der Waals surface area contributed by atoms with E-state index in [9.17, 15) is 9.59 Å². The molecule has 0 saturated carbocycles. The van der Waals surface area contributed by atoms with E-state index in [0.717, 1.165) is 0 Å². The van der Waals surface area contributed by atoms with Crippen LogP contribution in [-0.4, -0.2) is 23.1 Å². The highest BCUT2D eigenvalue weighted by atomic mass is 16.5. The maximum atomic E-state index is 11.0. The van der Waals surface area contributed by atoms with Gasteiger partial charge in [0.15, 0.2) is 6.10 Å². The van der Waals surface area contributed by atoms with Crippen molar-refractivity contribution >= 4 is 11.9 Å². The first-order chi connectivity index (χ1) is 10.5. The van der Waals surface area contributed by atoms with Crippen molar-refractivity contribution in [2.45, 2.75) is 13.0 Å². The quantitative estimate of drug-likeness (QED) is 0.853. The molecule has 0 heterocycles. The van der Waals surface area contributed by atoms with Crippen molar-refractivity contribution in [3.8, 4) is 17.2 Å². The molecule has 0 saturated heterocycles. The third-order valence-electron chi connectivity index (χ3n) is 2.86. The molecule has 6 heteroatoms. The van der Waals surface area contributed by atoms with Crippen molar-refractivity contribution in [2.24, 2.45) is 5.73 Å². The van der Waals surface area contributed by atoms with Crippen molar-refractivity contribution in [1.29, 1.82) is 0 Å². The second-order valence-corrected chi connectivity index (χ2v) is 4.56. The number of carboxylic acid groups (broad SMARTS) is 1. The fourth-order valence-electron chi connectivity index (χ4n) is 1.66. The minimum absolute atomic E-state index is 0.402. The zero-order chi connectivity index (χ0) is 16.1. The number of primary amides is 1. The lowest BCUT2D eigenvalue weighted by Crippen LogP contribution is -2.22. The van der Waals surface area contributed by atoms with Gasteiger partial charge in [-0.1, -0.05) is 0 Å². The Morgan fingerprint density at radius 2 is 1.41 bits per heavy atom. The summed E-state index contributed by atoms with van der Waals surface area (Å²) in [6, 6.07) is 13.0. The maximum Gasteiger partial charge on any atom is 0.344 e. The number of ether oxygens (including phenoxy) is 2. The van der Waals surface area contributed by atoms with Gasteiger partial charge in [0.25, 0.3) is 0 Å². The van der Waals surface area contributed by atoms with E-state index in [2.05, 4.69) is 0 Å². The Morgan fingerprint density at radius 3 is 1.86 bits per heavy atom. The molecule has 22 heavy (non-hydrogen) atoms. The van der Waals surface area contributed by atoms with E-state index in [1.54, 1.807) is 48.5 Å². The summed E-state index contributed by atoms with van der Waals surface area (Å²) < 4.78 is 10.8. The van der Waals surface area contributed by atoms with E-state index >= 15 is 0 Å². The topological polar surface area (TPSA) is 98.9 Å². The molecule has 2 aromatic carbocycles. The Balaban J connectivity index is 2.01. The molecular weight excluding hydrogens is 286 g/mol. The first kappa shape index (κ1) is 15.4. The zero-order valence-electron chi connectivity index (χ0n) is 11.9. The summed E-state index contributed by atoms with van der Waals surface area (Å²) in [5, 5.41) is 8.77. The standard InChI is InChI=1S/C16H15NO5/c1-10(16(19)20)21-12-6-8-14(9-7-12)22-13-4-2-11(3-5-13)15(17)18/h2-10H,1H3,(H2,17,18)(H,19,20). The molecule has 1 amide bonds. The number of rotatable bonds is 6. The Morgan fingerprint density at radius 1 is 0.955 bits per heavy atom. The number of aliphatic carboxylic acids is 1. The number of benzene rings is 2. The molecule has 0 bridgehead atoms. The van der Waals surface area contributed by atoms with Crippen molar-refractivity contribution < 1.29 is 24.2 Å². The molecule has 0 fully saturated rings. The molecule has 0 aliphatic heterocycles. The van der Waals surface area contributed by atoms with Crippen LogP contribution < -0.4 is 15.2 Å². The summed E-state index contributed by atoms with van der Waals surface area (Å²) >= 11 is 0. The third-order valence-corrected chi connectivity index (χ3v) is 2.86. The summed E-state index contributed by atoms with van der Waals surface area (Å²) in [4.78, 5) is 21.7. The summed E-state index contributed by atoms with van der Waals surface area (Å²) in [6.07, 6.45) is -0.923. The molecular formula is C16H15NO5.